The molecule has 1 aromatic carbocycles. The fourth-order valence-corrected chi connectivity index (χ4v) is 3.13. The largest absolute Gasteiger partial charge is 0.481 e. The molecule has 0 radical (unpaired) electrons. The number of aryl methyl sites for hydroxylation is 2. The number of carbonyl (C=O) groups excluding carboxylic acids is 1. The Morgan fingerprint density at radius 1 is 1.16 bits per heavy atom. The van der Waals surface area contributed by atoms with Gasteiger partial charge in [0, 0.05) is 17.5 Å². The highest BCUT2D eigenvalue weighted by Crippen LogP contribution is 2.28. The van der Waals surface area contributed by atoms with Crippen molar-refractivity contribution in [2.24, 2.45) is 0 Å². The van der Waals surface area contributed by atoms with E-state index < -0.39 is 17.5 Å². The van der Waals surface area contributed by atoms with Crippen LogP contribution in [0.1, 0.15) is 37.8 Å². The number of hydrogen-bond donors (Lipinski definition) is 3. The summed E-state index contributed by atoms with van der Waals surface area (Å²) in [6.45, 7) is 7.58. The highest BCUT2D eigenvalue weighted by atomic mass is 32.1. The summed E-state index contributed by atoms with van der Waals surface area (Å²) in [6.07, 6.45) is 0.322. The predicted molar refractivity (Wildman–Crippen MR) is 97.9 cm³/mol. The molecule has 1 aromatic heterocycles. The Balaban J connectivity index is 2.00. The Morgan fingerprint density at radius 2 is 1.80 bits per heavy atom. The Hall–Kier alpha value is -2.48. The molecule has 8 heteroatoms. The maximum atomic E-state index is 12.1. The molecule has 0 aliphatic carbocycles. The summed E-state index contributed by atoms with van der Waals surface area (Å²) in [5, 5.41) is 23.4. The maximum absolute atomic E-state index is 12.1. The molecular weight excluding hydrogens is 340 g/mol. The van der Waals surface area contributed by atoms with E-state index in [9.17, 15) is 9.59 Å². The van der Waals surface area contributed by atoms with Gasteiger partial charge in [-0.25, -0.2) is 4.79 Å². The van der Waals surface area contributed by atoms with Gasteiger partial charge in [-0.15, -0.1) is 10.2 Å². The fraction of sp³-hybridized carbons (Fsp3) is 0.412. The molecule has 2 aromatic rings. The molecule has 0 aliphatic rings. The molecule has 134 valence electrons. The average Bonchev–Trinajstić information content (AvgIpc) is 2.92. The van der Waals surface area contributed by atoms with E-state index in [-0.39, 0.29) is 6.42 Å². The first kappa shape index (κ1) is 18.9. The van der Waals surface area contributed by atoms with Gasteiger partial charge in [0.15, 0.2) is 0 Å². The second-order valence-electron chi connectivity index (χ2n) is 6.65. The number of urea groups is 1. The first-order valence-electron chi connectivity index (χ1n) is 7.88. The maximum Gasteiger partial charge on any atom is 0.321 e. The number of carbonyl (C=O) groups is 2. The molecule has 1 heterocycles. The molecule has 2 amide bonds. The van der Waals surface area contributed by atoms with Crippen LogP contribution in [0.5, 0.6) is 0 Å². The van der Waals surface area contributed by atoms with Crippen molar-refractivity contribution in [3.8, 4) is 10.6 Å². The Labute approximate surface area is 150 Å². The number of aromatic nitrogens is 2. The minimum absolute atomic E-state index is 0.0110. The lowest BCUT2D eigenvalue weighted by molar-refractivity contribution is -0.137. The van der Waals surface area contributed by atoms with Crippen LogP contribution < -0.4 is 10.6 Å². The number of nitrogens with zero attached hydrogens (tertiary/aromatic N) is 2. The summed E-state index contributed by atoms with van der Waals surface area (Å²) in [4.78, 5) is 22.8. The molecule has 7 nitrogen and oxygen atoms in total. The summed E-state index contributed by atoms with van der Waals surface area (Å²) in [5.74, 6) is -0.891. The van der Waals surface area contributed by atoms with Crippen LogP contribution in [0.2, 0.25) is 0 Å². The van der Waals surface area contributed by atoms with E-state index in [1.165, 1.54) is 11.3 Å². The third kappa shape index (κ3) is 5.82. The molecule has 0 unspecified atom stereocenters. The number of aliphatic carboxylic acids is 1. The van der Waals surface area contributed by atoms with Crippen molar-refractivity contribution < 1.29 is 14.7 Å². The van der Waals surface area contributed by atoms with Crippen molar-refractivity contribution >= 4 is 28.5 Å². The van der Waals surface area contributed by atoms with Gasteiger partial charge in [-0.2, -0.15) is 0 Å². The number of carboxylic acids is 1. The van der Waals surface area contributed by atoms with E-state index in [0.29, 0.717) is 11.6 Å². The molecule has 0 bridgehead atoms. The zero-order valence-corrected chi connectivity index (χ0v) is 15.5. The van der Waals surface area contributed by atoms with Gasteiger partial charge in [0.25, 0.3) is 0 Å². The van der Waals surface area contributed by atoms with Crippen molar-refractivity contribution in [1.82, 2.24) is 15.5 Å². The highest BCUT2D eigenvalue weighted by Gasteiger charge is 2.22. The summed E-state index contributed by atoms with van der Waals surface area (Å²) in [6, 6.07) is 5.69. The highest BCUT2D eigenvalue weighted by molar-refractivity contribution is 7.18. The van der Waals surface area contributed by atoms with Gasteiger partial charge in [0.05, 0.1) is 0 Å². The molecular formula is C17H22N4O3S. The van der Waals surface area contributed by atoms with E-state index in [1.807, 2.05) is 26.0 Å². The van der Waals surface area contributed by atoms with E-state index in [2.05, 4.69) is 26.9 Å². The molecule has 0 spiro atoms. The third-order valence-corrected chi connectivity index (χ3v) is 4.42. The molecule has 3 N–H and O–H groups in total. The average molecular weight is 362 g/mol. The molecule has 25 heavy (non-hydrogen) atoms. The van der Waals surface area contributed by atoms with Crippen LogP contribution in [0.25, 0.3) is 10.6 Å². The van der Waals surface area contributed by atoms with Crippen molar-refractivity contribution in [3.63, 3.8) is 0 Å². The van der Waals surface area contributed by atoms with Gasteiger partial charge in [-0.3, -0.25) is 10.1 Å². The number of nitrogens with one attached hydrogen (secondary N) is 2. The lowest BCUT2D eigenvalue weighted by atomic mass is 9.99. The molecule has 2 rings (SSSR count). The first-order valence-corrected chi connectivity index (χ1v) is 8.69. The molecule has 0 atom stereocenters. The van der Waals surface area contributed by atoms with E-state index >= 15 is 0 Å². The lowest BCUT2D eigenvalue weighted by Crippen LogP contribution is -2.45. The van der Waals surface area contributed by atoms with Crippen LogP contribution in [-0.4, -0.2) is 32.8 Å². The van der Waals surface area contributed by atoms with E-state index in [0.717, 1.165) is 21.7 Å². The minimum Gasteiger partial charge on any atom is -0.481 e. The van der Waals surface area contributed by atoms with Gasteiger partial charge in [0.2, 0.25) is 5.13 Å². The standard InChI is InChI=1S/C17H22N4O3S/c1-10-7-11(2)9-12(8-10)14-20-21-16(25-14)18-15(24)19-17(3,4)6-5-13(22)23/h7-9H,5-6H2,1-4H3,(H,22,23)(H2,18,19,21,24). The van der Waals surface area contributed by atoms with Crippen molar-refractivity contribution in [2.75, 3.05) is 5.32 Å². The summed E-state index contributed by atoms with van der Waals surface area (Å²) < 4.78 is 0. The van der Waals surface area contributed by atoms with Crippen LogP contribution >= 0.6 is 11.3 Å². The molecule has 0 saturated heterocycles. The number of rotatable bonds is 6. The summed E-state index contributed by atoms with van der Waals surface area (Å²) >= 11 is 1.29. The van der Waals surface area contributed by atoms with E-state index in [4.69, 9.17) is 5.11 Å². The van der Waals surface area contributed by atoms with Crippen molar-refractivity contribution in [1.29, 1.82) is 0 Å². The second-order valence-corrected chi connectivity index (χ2v) is 7.62. The second kappa shape index (κ2) is 7.60. The van der Waals surface area contributed by atoms with Crippen LogP contribution in [0.3, 0.4) is 0 Å². The number of hydrogen-bond acceptors (Lipinski definition) is 5. The zero-order valence-electron chi connectivity index (χ0n) is 14.7. The zero-order chi connectivity index (χ0) is 18.6. The summed E-state index contributed by atoms with van der Waals surface area (Å²) in [7, 11) is 0. The number of anilines is 1. The van der Waals surface area contributed by atoms with Gasteiger partial charge >= 0.3 is 12.0 Å². The van der Waals surface area contributed by atoms with Gasteiger partial charge in [-0.05, 0) is 46.2 Å². The first-order chi connectivity index (χ1) is 11.6. The van der Waals surface area contributed by atoms with Crippen molar-refractivity contribution in [3.05, 3.63) is 29.3 Å². The van der Waals surface area contributed by atoms with Crippen LogP contribution in [-0.2, 0) is 4.79 Å². The van der Waals surface area contributed by atoms with Gasteiger partial charge in [0.1, 0.15) is 5.01 Å². The fourth-order valence-electron chi connectivity index (χ4n) is 2.41. The number of benzene rings is 1. The summed E-state index contributed by atoms with van der Waals surface area (Å²) in [5.41, 5.74) is 2.60. The Morgan fingerprint density at radius 3 is 2.40 bits per heavy atom. The lowest BCUT2D eigenvalue weighted by Gasteiger charge is -2.25. The normalized spacial score (nSPS) is 11.2. The monoisotopic (exact) mass is 362 g/mol. The Bertz CT molecular complexity index is 766. The topological polar surface area (TPSA) is 104 Å². The SMILES string of the molecule is Cc1cc(C)cc(-c2nnc(NC(=O)NC(C)(C)CCC(=O)O)s2)c1. The van der Waals surface area contributed by atoms with Gasteiger partial charge < -0.3 is 10.4 Å². The molecule has 0 saturated carbocycles. The quantitative estimate of drug-likeness (QED) is 0.728. The van der Waals surface area contributed by atoms with Crippen molar-refractivity contribution in [2.45, 2.75) is 46.1 Å². The smallest absolute Gasteiger partial charge is 0.321 e. The van der Waals surface area contributed by atoms with Crippen LogP contribution in [0, 0.1) is 13.8 Å². The molecule has 0 fully saturated rings. The van der Waals surface area contributed by atoms with Crippen LogP contribution in [0.15, 0.2) is 18.2 Å². The van der Waals surface area contributed by atoms with Crippen LogP contribution in [0.4, 0.5) is 9.93 Å². The third-order valence-electron chi connectivity index (χ3n) is 3.53. The Kier molecular flexibility index (Phi) is 5.73. The van der Waals surface area contributed by atoms with E-state index in [1.54, 1.807) is 13.8 Å². The predicted octanol–water partition coefficient (Wildman–Crippen LogP) is 3.59. The minimum atomic E-state index is -0.891. The van der Waals surface area contributed by atoms with Gasteiger partial charge in [-0.1, -0.05) is 28.5 Å². The molecule has 0 aliphatic heterocycles. The number of carboxylic acid groups (broad SMARTS) is 1. The number of amides is 2.